The van der Waals surface area contributed by atoms with E-state index in [1.54, 1.807) is 18.2 Å². The number of anilines is 1. The largest absolute Gasteiger partial charge is 0.362 e. The monoisotopic (exact) mass is 318 g/mol. The van der Waals surface area contributed by atoms with Gasteiger partial charge in [-0.05, 0) is 36.8 Å². The van der Waals surface area contributed by atoms with Gasteiger partial charge in [-0.1, -0.05) is 55.8 Å². The van der Waals surface area contributed by atoms with Crippen LogP contribution in [0.5, 0.6) is 0 Å². The van der Waals surface area contributed by atoms with Crippen molar-refractivity contribution in [2.75, 3.05) is 11.9 Å². The van der Waals surface area contributed by atoms with Gasteiger partial charge in [0.1, 0.15) is 0 Å². The molecule has 0 aliphatic heterocycles. The Labute approximate surface area is 130 Å². The van der Waals surface area contributed by atoms with Crippen molar-refractivity contribution in [3.63, 3.8) is 0 Å². The summed E-state index contributed by atoms with van der Waals surface area (Å²) >= 11 is 17.2. The number of nitrogens with one attached hydrogen (secondary N) is 2. The molecule has 0 aromatic heterocycles. The van der Waals surface area contributed by atoms with E-state index in [9.17, 15) is 0 Å². The molecule has 2 nitrogen and oxygen atoms in total. The van der Waals surface area contributed by atoms with E-state index in [1.165, 1.54) is 25.7 Å². The van der Waals surface area contributed by atoms with Crippen LogP contribution in [0.2, 0.25) is 10.0 Å². The summed E-state index contributed by atoms with van der Waals surface area (Å²) in [7, 11) is 0. The minimum atomic E-state index is 0.583. The van der Waals surface area contributed by atoms with Crippen LogP contribution in [-0.4, -0.2) is 11.7 Å². The van der Waals surface area contributed by atoms with E-state index >= 15 is 0 Å². The molecule has 19 heavy (non-hydrogen) atoms. The third-order valence-electron chi connectivity index (χ3n) is 2.74. The number of halogens is 2. The molecule has 0 aliphatic rings. The second-order valence-corrected chi connectivity index (χ2v) is 5.67. The number of hydrogen-bond acceptors (Lipinski definition) is 1. The van der Waals surface area contributed by atoms with Crippen LogP contribution in [0.15, 0.2) is 18.2 Å². The molecule has 5 heteroatoms. The molecule has 0 unspecified atom stereocenters. The third kappa shape index (κ3) is 7.00. The van der Waals surface area contributed by atoms with Crippen molar-refractivity contribution in [2.24, 2.45) is 0 Å². The Morgan fingerprint density at radius 2 is 1.89 bits per heavy atom. The number of hydrogen-bond donors (Lipinski definition) is 2. The maximum Gasteiger partial charge on any atom is 0.170 e. The molecule has 1 aromatic rings. The standard InChI is InChI=1S/C14H20Cl2N2S/c1-2-3-4-5-6-9-17-14(19)18-13-10-11(15)7-8-12(13)16/h7-8,10H,2-6,9H2,1H3,(H2,17,18,19). The van der Waals surface area contributed by atoms with E-state index in [2.05, 4.69) is 17.6 Å². The van der Waals surface area contributed by atoms with Gasteiger partial charge in [-0.2, -0.15) is 0 Å². The Morgan fingerprint density at radius 3 is 2.63 bits per heavy atom. The fourth-order valence-electron chi connectivity index (χ4n) is 1.69. The molecule has 2 N–H and O–H groups in total. The number of benzene rings is 1. The summed E-state index contributed by atoms with van der Waals surface area (Å²) < 4.78 is 0. The van der Waals surface area contributed by atoms with Gasteiger partial charge < -0.3 is 10.6 Å². The molecule has 106 valence electrons. The normalized spacial score (nSPS) is 10.3. The Hall–Kier alpha value is -0.510. The van der Waals surface area contributed by atoms with Gasteiger partial charge in [-0.15, -0.1) is 0 Å². The van der Waals surface area contributed by atoms with Crippen molar-refractivity contribution in [1.82, 2.24) is 5.32 Å². The van der Waals surface area contributed by atoms with Gasteiger partial charge >= 0.3 is 0 Å². The van der Waals surface area contributed by atoms with E-state index < -0.39 is 0 Å². The SMILES string of the molecule is CCCCCCCNC(=S)Nc1cc(Cl)ccc1Cl. The molecule has 0 radical (unpaired) electrons. The minimum absolute atomic E-state index is 0.583. The van der Waals surface area contributed by atoms with E-state index in [0.29, 0.717) is 15.2 Å². The van der Waals surface area contributed by atoms with Crippen molar-refractivity contribution in [1.29, 1.82) is 0 Å². The van der Waals surface area contributed by atoms with Gasteiger partial charge in [0.15, 0.2) is 5.11 Å². The molecular weight excluding hydrogens is 299 g/mol. The zero-order valence-electron chi connectivity index (χ0n) is 11.1. The summed E-state index contributed by atoms with van der Waals surface area (Å²) in [5.41, 5.74) is 0.734. The summed E-state index contributed by atoms with van der Waals surface area (Å²) in [5, 5.41) is 8.05. The molecule has 0 amide bonds. The number of thiocarbonyl (C=S) groups is 1. The van der Waals surface area contributed by atoms with Crippen LogP contribution in [0.1, 0.15) is 39.0 Å². The summed E-state index contributed by atoms with van der Waals surface area (Å²) in [6.45, 7) is 3.10. The average Bonchev–Trinajstić information content (AvgIpc) is 2.38. The smallest absolute Gasteiger partial charge is 0.170 e. The number of unbranched alkanes of at least 4 members (excludes halogenated alkanes) is 4. The maximum atomic E-state index is 6.05. The van der Waals surface area contributed by atoms with Crippen LogP contribution in [-0.2, 0) is 0 Å². The van der Waals surface area contributed by atoms with Crippen LogP contribution in [0.25, 0.3) is 0 Å². The lowest BCUT2D eigenvalue weighted by molar-refractivity contribution is 0.625. The van der Waals surface area contributed by atoms with E-state index in [1.807, 2.05) is 0 Å². The molecule has 0 aliphatic carbocycles. The predicted molar refractivity (Wildman–Crippen MR) is 89.4 cm³/mol. The molecular formula is C14H20Cl2N2S. The first kappa shape index (κ1) is 16.5. The average molecular weight is 319 g/mol. The van der Waals surface area contributed by atoms with E-state index in [0.717, 1.165) is 18.7 Å². The summed E-state index contributed by atoms with van der Waals surface area (Å²) in [5.74, 6) is 0. The van der Waals surface area contributed by atoms with Crippen LogP contribution in [0.4, 0.5) is 5.69 Å². The lowest BCUT2D eigenvalue weighted by atomic mass is 10.1. The van der Waals surface area contributed by atoms with Crippen molar-refractivity contribution >= 4 is 46.2 Å². The van der Waals surface area contributed by atoms with E-state index in [-0.39, 0.29) is 0 Å². The van der Waals surface area contributed by atoms with Crippen molar-refractivity contribution in [2.45, 2.75) is 39.0 Å². The molecule has 0 fully saturated rings. The highest BCUT2D eigenvalue weighted by Crippen LogP contribution is 2.25. The van der Waals surface area contributed by atoms with Gasteiger partial charge in [-0.25, -0.2) is 0 Å². The first-order valence-electron chi connectivity index (χ1n) is 6.63. The summed E-state index contributed by atoms with van der Waals surface area (Å²) in [6, 6.07) is 5.26. The minimum Gasteiger partial charge on any atom is -0.362 e. The predicted octanol–water partition coefficient (Wildman–Crippen LogP) is 5.25. The summed E-state index contributed by atoms with van der Waals surface area (Å²) in [6.07, 6.45) is 6.23. The van der Waals surface area contributed by atoms with Crippen molar-refractivity contribution in [3.05, 3.63) is 28.2 Å². The highest BCUT2D eigenvalue weighted by molar-refractivity contribution is 7.80. The molecule has 0 saturated heterocycles. The summed E-state index contributed by atoms with van der Waals surface area (Å²) in [4.78, 5) is 0. The maximum absolute atomic E-state index is 6.05. The topological polar surface area (TPSA) is 24.1 Å². The van der Waals surface area contributed by atoms with Gasteiger partial charge in [0, 0.05) is 11.6 Å². The fraction of sp³-hybridized carbons (Fsp3) is 0.500. The first-order valence-corrected chi connectivity index (χ1v) is 7.79. The second-order valence-electron chi connectivity index (χ2n) is 4.42. The molecule has 0 saturated carbocycles. The lowest BCUT2D eigenvalue weighted by Gasteiger charge is -2.11. The Bertz CT molecular complexity index is 410. The zero-order chi connectivity index (χ0) is 14.1. The highest BCUT2D eigenvalue weighted by atomic mass is 35.5. The van der Waals surface area contributed by atoms with Crippen molar-refractivity contribution in [3.8, 4) is 0 Å². The zero-order valence-corrected chi connectivity index (χ0v) is 13.5. The first-order chi connectivity index (χ1) is 9.13. The van der Waals surface area contributed by atoms with Crippen molar-refractivity contribution < 1.29 is 0 Å². The van der Waals surface area contributed by atoms with Crippen LogP contribution >= 0.6 is 35.4 Å². The Kier molecular flexibility index (Phi) is 8.19. The third-order valence-corrected chi connectivity index (χ3v) is 3.55. The van der Waals surface area contributed by atoms with Gasteiger partial charge in [0.25, 0.3) is 0 Å². The quantitative estimate of drug-likeness (QED) is 0.530. The van der Waals surface area contributed by atoms with Gasteiger partial charge in [0.2, 0.25) is 0 Å². The molecule has 1 aromatic carbocycles. The number of rotatable bonds is 7. The second kappa shape index (κ2) is 9.40. The van der Waals surface area contributed by atoms with Crippen LogP contribution in [0, 0.1) is 0 Å². The fourth-order valence-corrected chi connectivity index (χ4v) is 2.24. The molecule has 0 spiro atoms. The lowest BCUT2D eigenvalue weighted by Crippen LogP contribution is -2.29. The molecule has 0 heterocycles. The Morgan fingerprint density at radius 1 is 1.16 bits per heavy atom. The highest BCUT2D eigenvalue weighted by Gasteiger charge is 2.03. The van der Waals surface area contributed by atoms with Crippen LogP contribution < -0.4 is 10.6 Å². The van der Waals surface area contributed by atoms with Crippen LogP contribution in [0.3, 0.4) is 0 Å². The van der Waals surface area contributed by atoms with Gasteiger partial charge in [-0.3, -0.25) is 0 Å². The van der Waals surface area contributed by atoms with Gasteiger partial charge in [0.05, 0.1) is 10.7 Å². The molecule has 1 rings (SSSR count). The molecule has 0 bridgehead atoms. The Balaban J connectivity index is 2.25. The van der Waals surface area contributed by atoms with E-state index in [4.69, 9.17) is 35.4 Å². The molecule has 0 atom stereocenters.